The number of carbonyl (C=O) groups is 1. The van der Waals surface area contributed by atoms with Gasteiger partial charge in [0.05, 0.1) is 7.11 Å². The SMILES string of the molecule is CCCCC1(c2ccc(OC)cc2)C(=O)Oc2ccccc21. The van der Waals surface area contributed by atoms with Crippen LogP contribution in [0.5, 0.6) is 11.5 Å². The Hall–Kier alpha value is -2.29. The van der Waals surface area contributed by atoms with Crippen LogP contribution in [0.25, 0.3) is 0 Å². The lowest BCUT2D eigenvalue weighted by Crippen LogP contribution is -2.35. The van der Waals surface area contributed by atoms with Gasteiger partial charge in [-0.1, -0.05) is 50.1 Å². The van der Waals surface area contributed by atoms with Crippen LogP contribution in [0.1, 0.15) is 37.3 Å². The predicted molar refractivity (Wildman–Crippen MR) is 85.4 cm³/mol. The second kappa shape index (κ2) is 5.84. The fourth-order valence-electron chi connectivity index (χ4n) is 3.18. The molecule has 1 heterocycles. The van der Waals surface area contributed by atoms with Crippen LogP contribution in [0, 0.1) is 0 Å². The van der Waals surface area contributed by atoms with Gasteiger partial charge in [-0.25, -0.2) is 0 Å². The number of rotatable bonds is 5. The second-order valence-corrected chi connectivity index (χ2v) is 5.62. The van der Waals surface area contributed by atoms with Gasteiger partial charge in [-0.3, -0.25) is 4.79 Å². The van der Waals surface area contributed by atoms with Crippen LogP contribution in [-0.2, 0) is 10.2 Å². The second-order valence-electron chi connectivity index (χ2n) is 5.62. The molecule has 1 aliphatic rings. The zero-order valence-corrected chi connectivity index (χ0v) is 13.0. The minimum atomic E-state index is -0.696. The zero-order chi connectivity index (χ0) is 15.6. The van der Waals surface area contributed by atoms with Crippen LogP contribution in [0.3, 0.4) is 0 Å². The van der Waals surface area contributed by atoms with Crippen molar-refractivity contribution in [1.29, 1.82) is 0 Å². The summed E-state index contributed by atoms with van der Waals surface area (Å²) in [6.07, 6.45) is 2.76. The molecule has 22 heavy (non-hydrogen) atoms. The molecule has 0 aromatic heterocycles. The number of para-hydroxylation sites is 1. The number of ether oxygens (including phenoxy) is 2. The summed E-state index contributed by atoms with van der Waals surface area (Å²) in [5.41, 5.74) is 1.24. The van der Waals surface area contributed by atoms with Crippen molar-refractivity contribution < 1.29 is 14.3 Å². The van der Waals surface area contributed by atoms with E-state index >= 15 is 0 Å². The lowest BCUT2D eigenvalue weighted by atomic mass is 9.72. The molecule has 114 valence electrons. The number of methoxy groups -OCH3 is 1. The fourth-order valence-corrected chi connectivity index (χ4v) is 3.18. The van der Waals surface area contributed by atoms with E-state index in [1.165, 1.54) is 0 Å². The predicted octanol–water partition coefficient (Wildman–Crippen LogP) is 4.09. The van der Waals surface area contributed by atoms with E-state index < -0.39 is 5.41 Å². The molecule has 0 N–H and O–H groups in total. The number of hydrogen-bond donors (Lipinski definition) is 0. The molecular weight excluding hydrogens is 276 g/mol. The molecule has 0 bridgehead atoms. The van der Waals surface area contributed by atoms with E-state index in [-0.39, 0.29) is 5.97 Å². The van der Waals surface area contributed by atoms with Crippen LogP contribution in [0.4, 0.5) is 0 Å². The maximum absolute atomic E-state index is 12.8. The van der Waals surface area contributed by atoms with Crippen LogP contribution in [-0.4, -0.2) is 13.1 Å². The Balaban J connectivity index is 2.14. The molecule has 3 nitrogen and oxygen atoms in total. The van der Waals surface area contributed by atoms with Gasteiger partial charge in [-0.2, -0.15) is 0 Å². The Bertz CT molecular complexity index is 675. The summed E-state index contributed by atoms with van der Waals surface area (Å²) in [5.74, 6) is 1.29. The topological polar surface area (TPSA) is 35.5 Å². The molecule has 0 amide bonds. The van der Waals surface area contributed by atoms with E-state index in [9.17, 15) is 4.79 Å². The monoisotopic (exact) mass is 296 g/mol. The molecule has 0 aliphatic carbocycles. The Morgan fingerprint density at radius 1 is 1.09 bits per heavy atom. The summed E-state index contributed by atoms with van der Waals surface area (Å²) in [5, 5.41) is 0. The van der Waals surface area contributed by atoms with E-state index in [0.717, 1.165) is 36.1 Å². The van der Waals surface area contributed by atoms with E-state index in [0.29, 0.717) is 5.75 Å². The van der Waals surface area contributed by atoms with Gasteiger partial charge in [-0.05, 0) is 30.2 Å². The van der Waals surface area contributed by atoms with Crippen molar-refractivity contribution in [2.45, 2.75) is 31.6 Å². The van der Waals surface area contributed by atoms with E-state index in [4.69, 9.17) is 9.47 Å². The minimum absolute atomic E-state index is 0.174. The first-order valence-electron chi connectivity index (χ1n) is 7.68. The van der Waals surface area contributed by atoms with Crippen LogP contribution in [0.15, 0.2) is 48.5 Å². The molecular formula is C19H20O3. The van der Waals surface area contributed by atoms with Gasteiger partial charge in [0.15, 0.2) is 0 Å². The first-order chi connectivity index (χ1) is 10.7. The molecule has 0 fully saturated rings. The van der Waals surface area contributed by atoms with Crippen molar-refractivity contribution >= 4 is 5.97 Å². The Morgan fingerprint density at radius 3 is 2.50 bits per heavy atom. The molecule has 0 saturated carbocycles. The highest BCUT2D eigenvalue weighted by Gasteiger charge is 2.49. The Kier molecular flexibility index (Phi) is 3.88. The minimum Gasteiger partial charge on any atom is -0.497 e. The normalized spacial score (nSPS) is 19.6. The highest BCUT2D eigenvalue weighted by atomic mass is 16.5. The molecule has 0 spiro atoms. The first-order valence-corrected chi connectivity index (χ1v) is 7.68. The van der Waals surface area contributed by atoms with Gasteiger partial charge < -0.3 is 9.47 Å². The summed E-state index contributed by atoms with van der Waals surface area (Å²) in [6, 6.07) is 15.5. The zero-order valence-electron chi connectivity index (χ0n) is 13.0. The van der Waals surface area contributed by atoms with Crippen molar-refractivity contribution in [2.75, 3.05) is 7.11 Å². The lowest BCUT2D eigenvalue weighted by molar-refractivity contribution is -0.137. The summed E-state index contributed by atoms with van der Waals surface area (Å²) >= 11 is 0. The third kappa shape index (κ3) is 2.17. The van der Waals surface area contributed by atoms with Gasteiger partial charge in [0.2, 0.25) is 0 Å². The number of benzene rings is 2. The Morgan fingerprint density at radius 2 is 1.82 bits per heavy atom. The average molecular weight is 296 g/mol. The Labute approximate surface area is 130 Å². The number of esters is 1. The third-order valence-electron chi connectivity index (χ3n) is 4.39. The highest BCUT2D eigenvalue weighted by Crippen LogP contribution is 2.47. The molecule has 2 aromatic carbocycles. The van der Waals surface area contributed by atoms with E-state index in [2.05, 4.69) is 6.92 Å². The van der Waals surface area contributed by atoms with Crippen LogP contribution >= 0.6 is 0 Å². The highest BCUT2D eigenvalue weighted by molar-refractivity contribution is 5.94. The number of unbranched alkanes of at least 4 members (excludes halogenated alkanes) is 1. The smallest absolute Gasteiger partial charge is 0.326 e. The quantitative estimate of drug-likeness (QED) is 0.616. The summed E-state index contributed by atoms with van der Waals surface area (Å²) < 4.78 is 10.8. The maximum atomic E-state index is 12.8. The van der Waals surface area contributed by atoms with Gasteiger partial charge in [0, 0.05) is 5.56 Å². The van der Waals surface area contributed by atoms with E-state index in [1.807, 2.05) is 48.5 Å². The van der Waals surface area contributed by atoms with Crippen molar-refractivity contribution in [2.24, 2.45) is 0 Å². The largest absolute Gasteiger partial charge is 0.497 e. The number of hydrogen-bond acceptors (Lipinski definition) is 3. The van der Waals surface area contributed by atoms with Crippen molar-refractivity contribution in [3.8, 4) is 11.5 Å². The molecule has 1 aliphatic heterocycles. The first kappa shape index (κ1) is 14.6. The van der Waals surface area contributed by atoms with Crippen molar-refractivity contribution in [3.63, 3.8) is 0 Å². The molecule has 1 atom stereocenters. The van der Waals surface area contributed by atoms with Gasteiger partial charge in [0.25, 0.3) is 0 Å². The van der Waals surface area contributed by atoms with Gasteiger partial charge >= 0.3 is 5.97 Å². The van der Waals surface area contributed by atoms with Crippen molar-refractivity contribution in [3.05, 3.63) is 59.7 Å². The molecule has 3 heteroatoms. The summed E-state index contributed by atoms with van der Waals surface area (Å²) in [6.45, 7) is 2.13. The number of fused-ring (bicyclic) bond motifs is 1. The average Bonchev–Trinajstić information content (AvgIpc) is 2.85. The van der Waals surface area contributed by atoms with Crippen molar-refractivity contribution in [1.82, 2.24) is 0 Å². The fraction of sp³-hybridized carbons (Fsp3) is 0.316. The van der Waals surface area contributed by atoms with E-state index in [1.54, 1.807) is 7.11 Å². The van der Waals surface area contributed by atoms with Crippen LogP contribution in [0.2, 0.25) is 0 Å². The molecule has 2 aromatic rings. The lowest BCUT2D eigenvalue weighted by Gasteiger charge is -2.26. The number of carbonyl (C=O) groups excluding carboxylic acids is 1. The molecule has 1 unspecified atom stereocenters. The molecule has 0 saturated heterocycles. The van der Waals surface area contributed by atoms with Crippen LogP contribution < -0.4 is 9.47 Å². The van der Waals surface area contributed by atoms with Gasteiger partial charge in [-0.15, -0.1) is 0 Å². The maximum Gasteiger partial charge on any atom is 0.326 e. The standard InChI is InChI=1S/C19H20O3/c1-3-4-13-19(14-9-11-15(21-2)12-10-14)16-7-5-6-8-17(16)22-18(19)20/h5-12H,3-4,13H2,1-2H3. The molecule has 0 radical (unpaired) electrons. The third-order valence-corrected chi connectivity index (χ3v) is 4.39. The summed E-state index contributed by atoms with van der Waals surface area (Å²) in [4.78, 5) is 12.8. The van der Waals surface area contributed by atoms with Gasteiger partial charge in [0.1, 0.15) is 16.9 Å². The summed E-state index contributed by atoms with van der Waals surface area (Å²) in [7, 11) is 1.64. The molecule has 3 rings (SSSR count).